The smallest absolute Gasteiger partial charge is 0.214 e. The molecule has 3 rings (SSSR count). The van der Waals surface area contributed by atoms with Crippen LogP contribution in [0.1, 0.15) is 44.2 Å². The minimum Gasteiger partial charge on any atom is -0.296 e. The molecule has 0 spiro atoms. The average molecular weight is 308 g/mol. The fourth-order valence-electron chi connectivity index (χ4n) is 3.05. The van der Waals surface area contributed by atoms with Gasteiger partial charge in [0.2, 0.25) is 10.0 Å². The highest BCUT2D eigenvalue weighted by atomic mass is 32.2. The highest BCUT2D eigenvalue weighted by molar-refractivity contribution is 7.90. The van der Waals surface area contributed by atoms with E-state index in [2.05, 4.69) is 40.8 Å². The van der Waals surface area contributed by atoms with Crippen molar-refractivity contribution in [3.05, 3.63) is 35.9 Å². The van der Waals surface area contributed by atoms with Gasteiger partial charge >= 0.3 is 0 Å². The van der Waals surface area contributed by atoms with Gasteiger partial charge in [0, 0.05) is 25.2 Å². The molecule has 0 amide bonds. The van der Waals surface area contributed by atoms with E-state index in [0.717, 1.165) is 38.8 Å². The topological polar surface area (TPSA) is 49.4 Å². The van der Waals surface area contributed by atoms with E-state index in [1.54, 1.807) is 0 Å². The van der Waals surface area contributed by atoms with Gasteiger partial charge in [0.15, 0.2) is 0 Å². The molecule has 2 fully saturated rings. The number of benzene rings is 1. The molecule has 0 aromatic heterocycles. The molecular formula is C16H24N2O2S. The summed E-state index contributed by atoms with van der Waals surface area (Å²) in [6.45, 7) is 4.13. The van der Waals surface area contributed by atoms with Crippen molar-refractivity contribution in [3.63, 3.8) is 0 Å². The van der Waals surface area contributed by atoms with Crippen LogP contribution in [0.3, 0.4) is 0 Å². The second kappa shape index (κ2) is 6.07. The van der Waals surface area contributed by atoms with Crippen LogP contribution in [0.5, 0.6) is 0 Å². The Bertz CT molecular complexity index is 561. The van der Waals surface area contributed by atoms with Crippen LogP contribution >= 0.6 is 0 Å². The van der Waals surface area contributed by atoms with Gasteiger partial charge in [-0.2, -0.15) is 0 Å². The molecule has 1 aliphatic carbocycles. The quantitative estimate of drug-likeness (QED) is 0.908. The Morgan fingerprint density at radius 3 is 2.29 bits per heavy atom. The van der Waals surface area contributed by atoms with Crippen molar-refractivity contribution in [1.29, 1.82) is 0 Å². The summed E-state index contributed by atoms with van der Waals surface area (Å²) < 4.78 is 26.8. The first-order valence-corrected chi connectivity index (χ1v) is 9.41. The van der Waals surface area contributed by atoms with Crippen molar-refractivity contribution in [1.82, 2.24) is 9.62 Å². The van der Waals surface area contributed by atoms with Crippen molar-refractivity contribution in [3.8, 4) is 0 Å². The number of likely N-dealkylation sites (tertiary alicyclic amines) is 1. The lowest BCUT2D eigenvalue weighted by atomic mass is 10.0. The number of piperidine rings is 1. The molecule has 1 N–H and O–H groups in total. The first-order chi connectivity index (χ1) is 10.1. The van der Waals surface area contributed by atoms with Crippen LogP contribution in [0.2, 0.25) is 0 Å². The monoisotopic (exact) mass is 308 g/mol. The van der Waals surface area contributed by atoms with Crippen LogP contribution in [0, 0.1) is 0 Å². The van der Waals surface area contributed by atoms with Gasteiger partial charge in [-0.3, -0.25) is 4.90 Å². The summed E-state index contributed by atoms with van der Waals surface area (Å²) in [5.41, 5.74) is 1.33. The molecule has 1 aromatic carbocycles. The van der Waals surface area contributed by atoms with E-state index in [9.17, 15) is 8.42 Å². The molecule has 21 heavy (non-hydrogen) atoms. The largest absolute Gasteiger partial charge is 0.296 e. The van der Waals surface area contributed by atoms with Gasteiger partial charge in [-0.25, -0.2) is 13.1 Å². The van der Waals surface area contributed by atoms with Crippen LogP contribution in [0.4, 0.5) is 0 Å². The van der Waals surface area contributed by atoms with Crippen molar-refractivity contribution in [2.24, 2.45) is 0 Å². The van der Waals surface area contributed by atoms with E-state index in [-0.39, 0.29) is 11.3 Å². The lowest BCUT2D eigenvalue weighted by Crippen LogP contribution is -2.46. The van der Waals surface area contributed by atoms with Crippen molar-refractivity contribution in [2.75, 3.05) is 13.1 Å². The summed E-state index contributed by atoms with van der Waals surface area (Å²) in [6.07, 6.45) is 3.48. The predicted octanol–water partition coefficient (Wildman–Crippen LogP) is 2.29. The molecule has 0 radical (unpaired) electrons. The van der Waals surface area contributed by atoms with Crippen LogP contribution in [0.25, 0.3) is 0 Å². The minimum absolute atomic E-state index is 0.112. The summed E-state index contributed by atoms with van der Waals surface area (Å²) in [6, 6.07) is 11.0. The Kier molecular flexibility index (Phi) is 4.33. The Hall–Kier alpha value is -0.910. The van der Waals surface area contributed by atoms with E-state index in [4.69, 9.17) is 0 Å². The van der Waals surface area contributed by atoms with E-state index in [1.165, 1.54) is 5.56 Å². The Morgan fingerprint density at radius 2 is 1.71 bits per heavy atom. The molecule has 1 atom stereocenters. The average Bonchev–Trinajstić information content (AvgIpc) is 3.33. The van der Waals surface area contributed by atoms with Gasteiger partial charge in [0.1, 0.15) is 0 Å². The van der Waals surface area contributed by atoms with E-state index >= 15 is 0 Å². The van der Waals surface area contributed by atoms with Gasteiger partial charge in [-0.1, -0.05) is 30.3 Å². The molecule has 0 bridgehead atoms. The highest BCUT2D eigenvalue weighted by Crippen LogP contribution is 2.29. The summed E-state index contributed by atoms with van der Waals surface area (Å²) >= 11 is 0. The third-order valence-corrected chi connectivity index (χ3v) is 6.66. The van der Waals surface area contributed by atoms with Crippen molar-refractivity contribution in [2.45, 2.75) is 49.9 Å². The van der Waals surface area contributed by atoms with Gasteiger partial charge < -0.3 is 0 Å². The summed E-state index contributed by atoms with van der Waals surface area (Å²) in [4.78, 5) is 2.44. The third-order valence-electron chi connectivity index (χ3n) is 4.65. The first-order valence-electron chi connectivity index (χ1n) is 7.86. The van der Waals surface area contributed by atoms with Crippen molar-refractivity contribution >= 4 is 10.0 Å². The number of nitrogens with one attached hydrogen (secondary N) is 1. The molecule has 116 valence electrons. The second-order valence-electron chi connectivity index (χ2n) is 6.26. The maximum Gasteiger partial charge on any atom is 0.214 e. The fraction of sp³-hybridized carbons (Fsp3) is 0.625. The second-order valence-corrected chi connectivity index (χ2v) is 8.25. The summed E-state index contributed by atoms with van der Waals surface area (Å²) in [7, 11) is -3.05. The lowest BCUT2D eigenvalue weighted by Gasteiger charge is -2.36. The van der Waals surface area contributed by atoms with E-state index in [1.807, 2.05) is 6.07 Å². The van der Waals surface area contributed by atoms with Crippen LogP contribution in [-0.4, -0.2) is 37.7 Å². The first kappa shape index (κ1) is 15.0. The summed E-state index contributed by atoms with van der Waals surface area (Å²) in [5.74, 6) is 0. The van der Waals surface area contributed by atoms with Gasteiger partial charge in [0.05, 0.1) is 5.25 Å². The fourth-order valence-corrected chi connectivity index (χ4v) is 4.70. The zero-order valence-electron chi connectivity index (χ0n) is 12.5. The molecule has 1 aromatic rings. The van der Waals surface area contributed by atoms with Crippen LogP contribution in [0.15, 0.2) is 30.3 Å². The number of rotatable bonds is 5. The molecule has 2 aliphatic rings. The Labute approximate surface area is 127 Å². The molecular weight excluding hydrogens is 284 g/mol. The standard InChI is InChI=1S/C16H24N2O2S/c1-13(14-5-3-2-4-6-14)18-11-9-15(10-12-18)17-21(19,20)16-7-8-16/h2-6,13,15-17H,7-12H2,1H3. The highest BCUT2D eigenvalue weighted by Gasteiger charge is 2.37. The molecule has 4 nitrogen and oxygen atoms in total. The molecule has 1 saturated carbocycles. The minimum atomic E-state index is -3.05. The van der Waals surface area contributed by atoms with E-state index < -0.39 is 10.0 Å². The molecule has 5 heteroatoms. The van der Waals surface area contributed by atoms with Crippen LogP contribution < -0.4 is 4.72 Å². The number of sulfonamides is 1. The van der Waals surface area contributed by atoms with Gasteiger partial charge in [-0.05, 0) is 38.2 Å². The van der Waals surface area contributed by atoms with E-state index in [0.29, 0.717) is 6.04 Å². The number of hydrogen-bond acceptors (Lipinski definition) is 3. The summed E-state index contributed by atoms with van der Waals surface area (Å²) in [5, 5.41) is -0.112. The zero-order valence-corrected chi connectivity index (χ0v) is 13.3. The lowest BCUT2D eigenvalue weighted by molar-refractivity contribution is 0.159. The normalized spacial score (nSPS) is 23.1. The van der Waals surface area contributed by atoms with Crippen molar-refractivity contribution < 1.29 is 8.42 Å². The maximum atomic E-state index is 12.0. The maximum absolute atomic E-state index is 12.0. The molecule has 1 heterocycles. The SMILES string of the molecule is CC(c1ccccc1)N1CCC(NS(=O)(=O)C2CC2)CC1. The molecule has 1 unspecified atom stereocenters. The number of hydrogen-bond donors (Lipinski definition) is 1. The zero-order chi connectivity index (χ0) is 14.9. The Morgan fingerprint density at radius 1 is 1.10 bits per heavy atom. The third kappa shape index (κ3) is 3.65. The molecule has 1 aliphatic heterocycles. The van der Waals surface area contributed by atoms with Gasteiger partial charge in [-0.15, -0.1) is 0 Å². The molecule has 1 saturated heterocycles. The number of nitrogens with zero attached hydrogens (tertiary/aromatic N) is 1. The predicted molar refractivity (Wildman–Crippen MR) is 84.5 cm³/mol. The van der Waals surface area contributed by atoms with Crippen LogP contribution in [-0.2, 0) is 10.0 Å². The Balaban J connectivity index is 1.53. The van der Waals surface area contributed by atoms with Gasteiger partial charge in [0.25, 0.3) is 0 Å².